The number of aryl methyl sites for hydroxylation is 2. The van der Waals surface area contributed by atoms with Crippen LogP contribution in [0.4, 0.5) is 4.39 Å². The Kier molecular flexibility index (Phi) is 5.69. The fourth-order valence-corrected chi connectivity index (χ4v) is 3.74. The van der Waals surface area contributed by atoms with Gasteiger partial charge in [-0.2, -0.15) is 0 Å². The van der Waals surface area contributed by atoms with Gasteiger partial charge in [-0.1, -0.05) is 11.6 Å². The van der Waals surface area contributed by atoms with E-state index in [0.717, 1.165) is 6.07 Å². The average Bonchev–Trinajstić information content (AvgIpc) is 3.10. The molecule has 29 heavy (non-hydrogen) atoms. The zero-order valence-corrected chi connectivity index (χ0v) is 17.0. The molecule has 0 bridgehead atoms. The van der Waals surface area contributed by atoms with Crippen LogP contribution >= 0.6 is 11.6 Å². The molecule has 0 saturated carbocycles. The van der Waals surface area contributed by atoms with Crippen LogP contribution in [-0.2, 0) is 24.1 Å². The molecule has 11 heteroatoms. The van der Waals surface area contributed by atoms with Crippen molar-refractivity contribution in [2.45, 2.75) is 4.90 Å². The van der Waals surface area contributed by atoms with E-state index in [2.05, 4.69) is 9.71 Å². The summed E-state index contributed by atoms with van der Waals surface area (Å²) >= 11 is 5.90. The number of hydrogen-bond acceptors (Lipinski definition) is 5. The zero-order chi connectivity index (χ0) is 21.3. The number of Topliss-reactive ketones (excluding diaryl/α,β-unsaturated/α-hetero) is 1. The van der Waals surface area contributed by atoms with Crippen molar-refractivity contribution < 1.29 is 17.6 Å². The zero-order valence-electron chi connectivity index (χ0n) is 15.4. The van der Waals surface area contributed by atoms with E-state index in [-0.39, 0.29) is 15.5 Å². The summed E-state index contributed by atoms with van der Waals surface area (Å²) in [5.41, 5.74) is -0.0103. The first-order chi connectivity index (χ1) is 13.6. The van der Waals surface area contributed by atoms with Gasteiger partial charge in [-0.3, -0.25) is 9.59 Å². The average molecular weight is 439 g/mol. The van der Waals surface area contributed by atoms with Crippen LogP contribution in [0.25, 0.3) is 11.3 Å². The van der Waals surface area contributed by atoms with Crippen LogP contribution in [0.1, 0.15) is 10.4 Å². The van der Waals surface area contributed by atoms with E-state index >= 15 is 0 Å². The highest BCUT2D eigenvalue weighted by Gasteiger charge is 2.21. The van der Waals surface area contributed by atoms with Crippen LogP contribution in [0.2, 0.25) is 5.02 Å². The number of imidazole rings is 1. The highest BCUT2D eigenvalue weighted by atomic mass is 35.5. The second kappa shape index (κ2) is 7.90. The van der Waals surface area contributed by atoms with E-state index in [9.17, 15) is 22.4 Å². The molecule has 152 valence electrons. The molecule has 2 aromatic heterocycles. The number of carbonyl (C=O) groups excluding carboxylic acids is 1. The number of hydrogen-bond donors (Lipinski definition) is 1. The number of nitrogens with zero attached hydrogens (tertiary/aromatic N) is 3. The molecule has 0 atom stereocenters. The van der Waals surface area contributed by atoms with E-state index in [1.54, 1.807) is 17.8 Å². The van der Waals surface area contributed by atoms with Crippen molar-refractivity contribution in [2.75, 3.05) is 6.54 Å². The number of aromatic nitrogens is 3. The Morgan fingerprint density at radius 3 is 2.62 bits per heavy atom. The number of rotatable bonds is 6. The Morgan fingerprint density at radius 1 is 1.28 bits per heavy atom. The maximum absolute atomic E-state index is 14.4. The van der Waals surface area contributed by atoms with Crippen molar-refractivity contribution in [1.82, 2.24) is 18.8 Å². The second-order valence-electron chi connectivity index (χ2n) is 6.30. The summed E-state index contributed by atoms with van der Waals surface area (Å²) in [5.74, 6) is -1.78. The van der Waals surface area contributed by atoms with Crippen molar-refractivity contribution in [1.29, 1.82) is 0 Å². The van der Waals surface area contributed by atoms with Gasteiger partial charge in [-0.15, -0.1) is 0 Å². The summed E-state index contributed by atoms with van der Waals surface area (Å²) < 4.78 is 44.0. The lowest BCUT2D eigenvalue weighted by molar-refractivity contribution is 0.0993. The SMILES string of the molecule is Cn1cnc(-c2cc(Cl)c(F)c(C(=O)CNS(=O)(=O)c3ccn(C)c(=O)c3)c2)c1. The molecule has 0 unspecified atom stereocenters. The van der Waals surface area contributed by atoms with Gasteiger partial charge in [0.15, 0.2) is 11.6 Å². The Bertz CT molecular complexity index is 1270. The second-order valence-corrected chi connectivity index (χ2v) is 8.48. The third-order valence-corrected chi connectivity index (χ3v) is 5.81. The summed E-state index contributed by atoms with van der Waals surface area (Å²) in [6.07, 6.45) is 4.48. The summed E-state index contributed by atoms with van der Waals surface area (Å²) in [6.45, 7) is -0.712. The molecule has 0 aliphatic rings. The lowest BCUT2D eigenvalue weighted by Gasteiger charge is -2.09. The Labute approximate surface area is 170 Å². The molecule has 1 aromatic carbocycles. The van der Waals surface area contributed by atoms with Gasteiger partial charge in [0, 0.05) is 38.1 Å². The minimum Gasteiger partial charge on any atom is -0.340 e. The van der Waals surface area contributed by atoms with Crippen LogP contribution in [-0.4, -0.2) is 34.9 Å². The van der Waals surface area contributed by atoms with Gasteiger partial charge >= 0.3 is 0 Å². The third-order valence-electron chi connectivity index (χ3n) is 4.14. The number of halogens is 2. The standard InChI is InChI=1S/C18H16ClFN4O4S/c1-23-9-15(21-10-23)11-5-13(18(20)14(19)6-11)16(25)8-22-29(27,28)12-3-4-24(2)17(26)7-12/h3-7,9-10,22H,8H2,1-2H3. The molecule has 0 aliphatic carbocycles. The first-order valence-electron chi connectivity index (χ1n) is 8.25. The Hall–Kier alpha value is -2.82. The van der Waals surface area contributed by atoms with Crippen molar-refractivity contribution in [2.24, 2.45) is 14.1 Å². The van der Waals surface area contributed by atoms with Crippen molar-refractivity contribution in [3.63, 3.8) is 0 Å². The fourth-order valence-electron chi connectivity index (χ4n) is 2.54. The van der Waals surface area contributed by atoms with E-state index in [1.807, 2.05) is 0 Å². The normalized spacial score (nSPS) is 11.6. The number of ketones is 1. The Morgan fingerprint density at radius 2 is 2.00 bits per heavy atom. The fraction of sp³-hybridized carbons (Fsp3) is 0.167. The van der Waals surface area contributed by atoms with Crippen LogP contribution in [0, 0.1) is 5.82 Å². The number of benzene rings is 1. The minimum atomic E-state index is -4.14. The monoisotopic (exact) mass is 438 g/mol. The lowest BCUT2D eigenvalue weighted by Crippen LogP contribution is -2.31. The van der Waals surface area contributed by atoms with Gasteiger partial charge in [-0.25, -0.2) is 22.5 Å². The summed E-state index contributed by atoms with van der Waals surface area (Å²) in [6, 6.07) is 4.73. The third kappa shape index (κ3) is 4.44. The van der Waals surface area contributed by atoms with Gasteiger partial charge in [0.1, 0.15) is 0 Å². The molecule has 1 N–H and O–H groups in total. The lowest BCUT2D eigenvalue weighted by atomic mass is 10.0. The van der Waals surface area contributed by atoms with Crippen LogP contribution in [0.15, 0.2) is 52.7 Å². The smallest absolute Gasteiger partial charge is 0.251 e. The van der Waals surface area contributed by atoms with Crippen molar-refractivity contribution in [3.05, 3.63) is 69.7 Å². The highest BCUT2D eigenvalue weighted by Crippen LogP contribution is 2.27. The minimum absolute atomic E-state index is 0.286. The number of nitrogens with one attached hydrogen (secondary N) is 1. The van der Waals surface area contributed by atoms with Crippen molar-refractivity contribution in [3.8, 4) is 11.3 Å². The quantitative estimate of drug-likeness (QED) is 0.590. The largest absolute Gasteiger partial charge is 0.340 e. The molecule has 0 radical (unpaired) electrons. The molecule has 0 aliphatic heterocycles. The number of pyridine rings is 1. The van der Waals surface area contributed by atoms with Crippen molar-refractivity contribution >= 4 is 27.4 Å². The summed E-state index contributed by atoms with van der Waals surface area (Å²) in [7, 11) is -0.921. The predicted octanol–water partition coefficient (Wildman–Crippen LogP) is 1.74. The highest BCUT2D eigenvalue weighted by molar-refractivity contribution is 7.89. The number of carbonyl (C=O) groups is 1. The van der Waals surface area contributed by atoms with Gasteiger partial charge < -0.3 is 9.13 Å². The molecule has 0 amide bonds. The maximum atomic E-state index is 14.4. The van der Waals surface area contributed by atoms with E-state index in [1.165, 1.54) is 42.3 Å². The molecular weight excluding hydrogens is 423 g/mol. The molecule has 2 heterocycles. The van der Waals surface area contributed by atoms with Crippen LogP contribution in [0.3, 0.4) is 0 Å². The van der Waals surface area contributed by atoms with Crippen LogP contribution in [0.5, 0.6) is 0 Å². The van der Waals surface area contributed by atoms with Gasteiger partial charge in [-0.05, 0) is 18.2 Å². The summed E-state index contributed by atoms with van der Waals surface area (Å²) in [5, 5.41) is -0.286. The topological polar surface area (TPSA) is 103 Å². The first-order valence-corrected chi connectivity index (χ1v) is 10.1. The number of sulfonamides is 1. The molecule has 0 saturated heterocycles. The molecule has 3 aromatic rings. The van der Waals surface area contributed by atoms with E-state index < -0.39 is 33.7 Å². The summed E-state index contributed by atoms with van der Waals surface area (Å²) in [4.78, 5) is 28.0. The van der Waals surface area contributed by atoms with Gasteiger partial charge in [0.05, 0.1) is 34.0 Å². The van der Waals surface area contributed by atoms with E-state index in [0.29, 0.717) is 11.3 Å². The maximum Gasteiger partial charge on any atom is 0.251 e. The molecular formula is C18H16ClFN4O4S. The molecule has 0 spiro atoms. The van der Waals surface area contributed by atoms with Gasteiger partial charge in [0.25, 0.3) is 5.56 Å². The molecule has 3 rings (SSSR count). The first kappa shape index (κ1) is 20.9. The van der Waals surface area contributed by atoms with Crippen LogP contribution < -0.4 is 10.3 Å². The Balaban J connectivity index is 1.86. The van der Waals surface area contributed by atoms with E-state index in [4.69, 9.17) is 11.6 Å². The predicted molar refractivity (Wildman–Crippen MR) is 105 cm³/mol. The molecule has 8 nitrogen and oxygen atoms in total. The molecule has 0 fully saturated rings. The van der Waals surface area contributed by atoms with Gasteiger partial charge in [0.2, 0.25) is 10.0 Å².